The summed E-state index contributed by atoms with van der Waals surface area (Å²) in [6.07, 6.45) is 2.14. The molecule has 1 heterocycles. The topological polar surface area (TPSA) is 47.9 Å². The smallest absolute Gasteiger partial charge is 0.195 e. The van der Waals surface area contributed by atoms with Crippen molar-refractivity contribution >= 4 is 8.32 Å². The summed E-state index contributed by atoms with van der Waals surface area (Å²) < 4.78 is 18.1. The van der Waals surface area contributed by atoms with Gasteiger partial charge in [-0.15, -0.1) is 0 Å². The lowest BCUT2D eigenvalue weighted by molar-refractivity contribution is -0.191. The monoisotopic (exact) mass is 332 g/mol. The van der Waals surface area contributed by atoms with Crippen molar-refractivity contribution in [1.82, 2.24) is 0 Å². The average Bonchev–Trinajstić information content (AvgIpc) is 2.37. The maximum Gasteiger partial charge on any atom is 0.195 e. The van der Waals surface area contributed by atoms with Crippen LogP contribution in [0.25, 0.3) is 0 Å². The SMILES string of the molecule is CO[C@@H](C[C@@H]1CC[C@@H](C)[C@H](O[Si](C)(C)C(C)(C)C)O1)C(C)O. The van der Waals surface area contributed by atoms with Gasteiger partial charge in [-0.1, -0.05) is 27.7 Å². The van der Waals surface area contributed by atoms with Gasteiger partial charge in [0.2, 0.25) is 0 Å². The van der Waals surface area contributed by atoms with Gasteiger partial charge in [0.05, 0.1) is 18.3 Å². The molecule has 5 atom stereocenters. The lowest BCUT2D eigenvalue weighted by Gasteiger charge is -2.44. The van der Waals surface area contributed by atoms with Gasteiger partial charge < -0.3 is 19.0 Å². The van der Waals surface area contributed by atoms with Crippen LogP contribution in [0, 0.1) is 5.92 Å². The van der Waals surface area contributed by atoms with E-state index in [4.69, 9.17) is 13.9 Å². The van der Waals surface area contributed by atoms with E-state index in [0.29, 0.717) is 5.92 Å². The van der Waals surface area contributed by atoms with Gasteiger partial charge in [0.15, 0.2) is 14.6 Å². The summed E-state index contributed by atoms with van der Waals surface area (Å²) in [5.41, 5.74) is 0. The zero-order valence-corrected chi connectivity index (χ0v) is 16.7. The number of aliphatic hydroxyl groups is 1. The van der Waals surface area contributed by atoms with Crippen molar-refractivity contribution in [3.05, 3.63) is 0 Å². The van der Waals surface area contributed by atoms with E-state index in [1.54, 1.807) is 14.0 Å². The summed E-state index contributed by atoms with van der Waals surface area (Å²) in [7, 11) is -0.194. The first-order valence-corrected chi connectivity index (χ1v) is 11.4. The first kappa shape index (κ1) is 20.1. The van der Waals surface area contributed by atoms with Crippen LogP contribution < -0.4 is 0 Å². The summed E-state index contributed by atoms with van der Waals surface area (Å²) >= 11 is 0. The predicted molar refractivity (Wildman–Crippen MR) is 92.4 cm³/mol. The minimum absolute atomic E-state index is 0.102. The maximum absolute atomic E-state index is 9.75. The molecular formula is C17H36O4Si. The largest absolute Gasteiger partial charge is 0.392 e. The standard InChI is InChI=1S/C17H36O4Si/c1-12-9-10-14(11-15(19-6)13(2)18)20-16(12)21-22(7,8)17(3,4)5/h12-16,18H,9-11H2,1-8H3/t12-,13?,14+,15+,16+/m1/s1. The minimum Gasteiger partial charge on any atom is -0.392 e. The fourth-order valence-electron chi connectivity index (χ4n) is 2.51. The minimum atomic E-state index is -1.84. The lowest BCUT2D eigenvalue weighted by Crippen LogP contribution is -2.49. The van der Waals surface area contributed by atoms with E-state index in [1.807, 2.05) is 0 Å². The van der Waals surface area contributed by atoms with Gasteiger partial charge in [0.25, 0.3) is 0 Å². The third kappa shape index (κ3) is 5.30. The fraction of sp³-hybridized carbons (Fsp3) is 1.00. The Morgan fingerprint density at radius 1 is 1.27 bits per heavy atom. The molecule has 0 aromatic carbocycles. The molecule has 5 heteroatoms. The normalized spacial score (nSPS) is 30.1. The molecule has 1 aliphatic rings. The van der Waals surface area contributed by atoms with Gasteiger partial charge in [-0.2, -0.15) is 0 Å². The Kier molecular flexibility index (Phi) is 7.08. The van der Waals surface area contributed by atoms with Crippen molar-refractivity contribution in [1.29, 1.82) is 0 Å². The molecule has 0 aliphatic carbocycles. The van der Waals surface area contributed by atoms with E-state index >= 15 is 0 Å². The highest BCUT2D eigenvalue weighted by Gasteiger charge is 2.42. The number of aliphatic hydroxyl groups excluding tert-OH is 1. The highest BCUT2D eigenvalue weighted by molar-refractivity contribution is 6.74. The Hall–Kier alpha value is 0.0569. The van der Waals surface area contributed by atoms with Crippen molar-refractivity contribution in [2.75, 3.05) is 7.11 Å². The first-order valence-electron chi connectivity index (χ1n) is 8.52. The van der Waals surface area contributed by atoms with Crippen LogP contribution in [-0.2, 0) is 13.9 Å². The maximum atomic E-state index is 9.75. The number of hydrogen-bond donors (Lipinski definition) is 1. The molecule has 0 bridgehead atoms. The van der Waals surface area contributed by atoms with Crippen LogP contribution in [0.15, 0.2) is 0 Å². The molecule has 0 aromatic rings. The molecule has 0 spiro atoms. The molecule has 1 aliphatic heterocycles. The second kappa shape index (κ2) is 7.75. The van der Waals surface area contributed by atoms with Crippen molar-refractivity contribution in [2.45, 2.75) is 96.6 Å². The van der Waals surface area contributed by atoms with E-state index in [9.17, 15) is 5.11 Å². The molecule has 22 heavy (non-hydrogen) atoms. The molecule has 0 amide bonds. The van der Waals surface area contributed by atoms with Crippen LogP contribution in [0.2, 0.25) is 18.1 Å². The van der Waals surface area contributed by atoms with Crippen LogP contribution in [-0.4, -0.2) is 45.1 Å². The summed E-state index contributed by atoms with van der Waals surface area (Å²) in [5.74, 6) is 0.415. The van der Waals surface area contributed by atoms with E-state index in [2.05, 4.69) is 40.8 Å². The molecule has 1 unspecified atom stereocenters. The third-order valence-electron chi connectivity index (χ3n) is 5.29. The van der Waals surface area contributed by atoms with Gasteiger partial charge in [-0.05, 0) is 37.9 Å². The van der Waals surface area contributed by atoms with Crippen LogP contribution in [0.1, 0.15) is 53.9 Å². The number of hydrogen-bond acceptors (Lipinski definition) is 4. The number of rotatable bonds is 6. The summed E-state index contributed by atoms with van der Waals surface area (Å²) in [5, 5.41) is 9.93. The van der Waals surface area contributed by atoms with Crippen molar-refractivity contribution in [2.24, 2.45) is 5.92 Å². The van der Waals surface area contributed by atoms with Gasteiger partial charge in [-0.3, -0.25) is 0 Å². The molecule has 1 fully saturated rings. The lowest BCUT2D eigenvalue weighted by atomic mass is 9.95. The molecule has 1 N–H and O–H groups in total. The van der Waals surface area contributed by atoms with E-state index < -0.39 is 14.4 Å². The quantitative estimate of drug-likeness (QED) is 0.749. The Labute approximate surface area is 137 Å². The Morgan fingerprint density at radius 2 is 1.86 bits per heavy atom. The molecule has 1 rings (SSSR count). The van der Waals surface area contributed by atoms with Crippen molar-refractivity contribution < 1.29 is 19.0 Å². The molecule has 0 saturated carbocycles. The highest BCUT2D eigenvalue weighted by Crippen LogP contribution is 2.40. The molecule has 0 radical (unpaired) electrons. The summed E-state index contributed by atoms with van der Waals surface area (Å²) in [6.45, 7) is 15.2. The number of ether oxygens (including phenoxy) is 2. The summed E-state index contributed by atoms with van der Waals surface area (Å²) in [4.78, 5) is 0. The zero-order chi connectivity index (χ0) is 17.1. The van der Waals surface area contributed by atoms with E-state index in [0.717, 1.165) is 19.3 Å². The Bertz CT molecular complexity index is 338. The van der Waals surface area contributed by atoms with Crippen molar-refractivity contribution in [3.63, 3.8) is 0 Å². The van der Waals surface area contributed by atoms with E-state index in [1.165, 1.54) is 0 Å². The van der Waals surface area contributed by atoms with Gasteiger partial charge >= 0.3 is 0 Å². The predicted octanol–water partition coefficient (Wildman–Crippen LogP) is 3.94. The molecular weight excluding hydrogens is 296 g/mol. The average molecular weight is 333 g/mol. The van der Waals surface area contributed by atoms with E-state index in [-0.39, 0.29) is 23.5 Å². The zero-order valence-electron chi connectivity index (χ0n) is 15.7. The molecule has 132 valence electrons. The Morgan fingerprint density at radius 3 is 2.32 bits per heavy atom. The van der Waals surface area contributed by atoms with Crippen LogP contribution >= 0.6 is 0 Å². The third-order valence-corrected chi connectivity index (χ3v) is 9.72. The summed E-state index contributed by atoms with van der Waals surface area (Å²) in [6, 6.07) is 0. The molecule has 4 nitrogen and oxygen atoms in total. The second-order valence-electron chi connectivity index (χ2n) is 8.31. The van der Waals surface area contributed by atoms with Gasteiger partial charge in [0, 0.05) is 19.4 Å². The molecule has 1 saturated heterocycles. The highest BCUT2D eigenvalue weighted by atomic mass is 28.4. The Balaban J connectivity index is 2.68. The number of methoxy groups -OCH3 is 1. The molecule has 0 aromatic heterocycles. The van der Waals surface area contributed by atoms with Crippen LogP contribution in [0.4, 0.5) is 0 Å². The first-order chi connectivity index (χ1) is 9.98. The second-order valence-corrected chi connectivity index (χ2v) is 13.1. The van der Waals surface area contributed by atoms with Gasteiger partial charge in [-0.25, -0.2) is 0 Å². The van der Waals surface area contributed by atoms with Crippen molar-refractivity contribution in [3.8, 4) is 0 Å². The fourth-order valence-corrected chi connectivity index (χ4v) is 3.73. The van der Waals surface area contributed by atoms with Crippen LogP contribution in [0.3, 0.4) is 0 Å². The van der Waals surface area contributed by atoms with Gasteiger partial charge in [0.1, 0.15) is 0 Å². The van der Waals surface area contributed by atoms with Crippen LogP contribution in [0.5, 0.6) is 0 Å².